The van der Waals surface area contributed by atoms with Crippen molar-refractivity contribution in [2.45, 2.75) is 62.4 Å². The van der Waals surface area contributed by atoms with Gasteiger partial charge in [-0.15, -0.1) is 0 Å². The van der Waals surface area contributed by atoms with Gasteiger partial charge in [-0.1, -0.05) is 24.3 Å². The zero-order chi connectivity index (χ0) is 19.0. The van der Waals surface area contributed by atoms with Crippen LogP contribution in [0.3, 0.4) is 0 Å². The van der Waals surface area contributed by atoms with Gasteiger partial charge in [-0.3, -0.25) is 14.7 Å². The second kappa shape index (κ2) is 7.32. The SMILES string of the molecule is O=C(C[C@@H]1CC2(CCN(Cc3ccncc3)CC2)c2ccccc21)NC1CC1. The predicted molar refractivity (Wildman–Crippen MR) is 110 cm³/mol. The number of amides is 1. The number of hydrogen-bond acceptors (Lipinski definition) is 3. The molecule has 1 atom stereocenters. The molecule has 0 radical (unpaired) electrons. The van der Waals surface area contributed by atoms with Gasteiger partial charge < -0.3 is 5.32 Å². The second-order valence-electron chi connectivity index (χ2n) is 8.95. The second-order valence-corrected chi connectivity index (χ2v) is 8.95. The number of nitrogens with zero attached hydrogens (tertiary/aromatic N) is 2. The van der Waals surface area contributed by atoms with Gasteiger partial charge in [-0.05, 0) is 85.3 Å². The third-order valence-electron chi connectivity index (χ3n) is 6.95. The van der Waals surface area contributed by atoms with Crippen LogP contribution < -0.4 is 5.32 Å². The summed E-state index contributed by atoms with van der Waals surface area (Å²) in [6.45, 7) is 3.25. The van der Waals surface area contributed by atoms with Crippen molar-refractivity contribution in [1.82, 2.24) is 15.2 Å². The summed E-state index contributed by atoms with van der Waals surface area (Å²) in [5.41, 5.74) is 4.54. The molecule has 2 aliphatic carbocycles. The first-order chi connectivity index (χ1) is 13.7. The maximum atomic E-state index is 12.5. The highest BCUT2D eigenvalue weighted by Gasteiger charge is 2.45. The fourth-order valence-corrected chi connectivity index (χ4v) is 5.31. The van der Waals surface area contributed by atoms with Crippen LogP contribution in [0, 0.1) is 0 Å². The normalized spacial score (nSPS) is 23.5. The number of benzene rings is 1. The Kier molecular flexibility index (Phi) is 4.67. The minimum Gasteiger partial charge on any atom is -0.353 e. The van der Waals surface area contributed by atoms with Crippen LogP contribution in [0.5, 0.6) is 0 Å². The number of fused-ring (bicyclic) bond motifs is 2. The lowest BCUT2D eigenvalue weighted by Crippen LogP contribution is -2.41. The molecule has 146 valence electrons. The standard InChI is InChI=1S/C24H29N3O/c28-23(26-20-5-6-20)15-19-16-24(22-4-2-1-3-21(19)22)9-13-27(14-10-24)17-18-7-11-25-12-8-18/h1-4,7-8,11-12,19-20H,5-6,9-10,13-17H2,(H,26,28)/t19-/m1/s1. The maximum Gasteiger partial charge on any atom is 0.220 e. The summed E-state index contributed by atoms with van der Waals surface area (Å²) >= 11 is 0. The van der Waals surface area contributed by atoms with E-state index in [1.54, 1.807) is 0 Å². The average molecular weight is 376 g/mol. The van der Waals surface area contributed by atoms with Crippen molar-refractivity contribution in [3.63, 3.8) is 0 Å². The van der Waals surface area contributed by atoms with E-state index in [4.69, 9.17) is 0 Å². The Bertz CT molecular complexity index is 838. The molecule has 2 fully saturated rings. The lowest BCUT2D eigenvalue weighted by molar-refractivity contribution is -0.121. The summed E-state index contributed by atoms with van der Waals surface area (Å²) in [5, 5.41) is 3.19. The zero-order valence-electron chi connectivity index (χ0n) is 16.4. The molecule has 1 spiro atoms. The Morgan fingerprint density at radius 2 is 1.86 bits per heavy atom. The van der Waals surface area contributed by atoms with Crippen LogP contribution in [0.15, 0.2) is 48.8 Å². The average Bonchev–Trinajstić information content (AvgIpc) is 3.48. The molecule has 1 N–H and O–H groups in total. The summed E-state index contributed by atoms with van der Waals surface area (Å²) in [6, 6.07) is 13.6. The maximum absolute atomic E-state index is 12.5. The quantitative estimate of drug-likeness (QED) is 0.865. The smallest absolute Gasteiger partial charge is 0.220 e. The molecule has 2 aromatic rings. The van der Waals surface area contributed by atoms with Crippen LogP contribution >= 0.6 is 0 Å². The first-order valence-corrected chi connectivity index (χ1v) is 10.7. The van der Waals surface area contributed by atoms with E-state index in [-0.39, 0.29) is 11.3 Å². The van der Waals surface area contributed by atoms with Gasteiger partial charge in [0.2, 0.25) is 5.91 Å². The third-order valence-corrected chi connectivity index (χ3v) is 6.95. The van der Waals surface area contributed by atoms with Gasteiger partial charge in [0, 0.05) is 31.4 Å². The number of aromatic nitrogens is 1. The van der Waals surface area contributed by atoms with Gasteiger partial charge in [-0.25, -0.2) is 0 Å². The van der Waals surface area contributed by atoms with E-state index in [0.29, 0.717) is 18.4 Å². The van der Waals surface area contributed by atoms with Crippen LogP contribution in [0.2, 0.25) is 0 Å². The molecule has 1 aliphatic heterocycles. The topological polar surface area (TPSA) is 45.2 Å². The van der Waals surface area contributed by atoms with E-state index >= 15 is 0 Å². The molecule has 5 rings (SSSR count). The monoisotopic (exact) mass is 375 g/mol. The molecule has 4 heteroatoms. The van der Waals surface area contributed by atoms with Gasteiger partial charge in [0.25, 0.3) is 0 Å². The molecule has 1 aromatic heterocycles. The number of rotatable bonds is 5. The Balaban J connectivity index is 1.28. The molecular weight excluding hydrogens is 346 g/mol. The van der Waals surface area contributed by atoms with E-state index in [1.807, 2.05) is 12.4 Å². The molecule has 4 nitrogen and oxygen atoms in total. The highest BCUT2D eigenvalue weighted by atomic mass is 16.1. The van der Waals surface area contributed by atoms with Crippen molar-refractivity contribution >= 4 is 5.91 Å². The minimum atomic E-state index is 0.245. The van der Waals surface area contributed by atoms with Gasteiger partial charge >= 0.3 is 0 Å². The molecule has 28 heavy (non-hydrogen) atoms. The molecule has 1 amide bonds. The lowest BCUT2D eigenvalue weighted by Gasteiger charge is -2.40. The molecule has 2 heterocycles. The molecule has 1 aromatic carbocycles. The minimum absolute atomic E-state index is 0.245. The molecule has 1 saturated heterocycles. The van der Waals surface area contributed by atoms with Crippen molar-refractivity contribution < 1.29 is 4.79 Å². The van der Waals surface area contributed by atoms with Crippen LogP contribution in [-0.2, 0) is 16.8 Å². The Hall–Kier alpha value is -2.20. The van der Waals surface area contributed by atoms with Crippen LogP contribution in [0.25, 0.3) is 0 Å². The van der Waals surface area contributed by atoms with E-state index in [2.05, 4.69) is 51.6 Å². The van der Waals surface area contributed by atoms with E-state index in [1.165, 1.54) is 29.5 Å². The Morgan fingerprint density at radius 1 is 1.11 bits per heavy atom. The van der Waals surface area contributed by atoms with E-state index in [9.17, 15) is 4.79 Å². The Labute approximate surface area is 167 Å². The first-order valence-electron chi connectivity index (χ1n) is 10.7. The fraction of sp³-hybridized carbons (Fsp3) is 0.500. The van der Waals surface area contributed by atoms with Crippen molar-refractivity contribution in [2.24, 2.45) is 0 Å². The predicted octanol–water partition coefficient (Wildman–Crippen LogP) is 3.77. The largest absolute Gasteiger partial charge is 0.353 e. The molecular formula is C24H29N3O. The van der Waals surface area contributed by atoms with Gasteiger partial charge in [0.15, 0.2) is 0 Å². The molecule has 1 saturated carbocycles. The third kappa shape index (κ3) is 3.58. The molecule has 0 unspecified atom stereocenters. The summed E-state index contributed by atoms with van der Waals surface area (Å²) in [5.74, 6) is 0.621. The number of piperidine rings is 1. The number of nitrogens with one attached hydrogen (secondary N) is 1. The van der Waals surface area contributed by atoms with Gasteiger partial charge in [0.05, 0.1) is 0 Å². The number of hydrogen-bond donors (Lipinski definition) is 1. The highest BCUT2D eigenvalue weighted by molar-refractivity contribution is 5.78. The molecule has 3 aliphatic rings. The van der Waals surface area contributed by atoms with Crippen molar-refractivity contribution in [1.29, 1.82) is 0 Å². The van der Waals surface area contributed by atoms with Gasteiger partial charge in [0.1, 0.15) is 0 Å². The zero-order valence-corrected chi connectivity index (χ0v) is 16.4. The summed E-state index contributed by atoms with van der Waals surface area (Å²) < 4.78 is 0. The lowest BCUT2D eigenvalue weighted by atomic mass is 9.73. The summed E-state index contributed by atoms with van der Waals surface area (Å²) in [4.78, 5) is 19.2. The van der Waals surface area contributed by atoms with Crippen LogP contribution in [-0.4, -0.2) is 34.9 Å². The Morgan fingerprint density at radius 3 is 2.61 bits per heavy atom. The van der Waals surface area contributed by atoms with Crippen LogP contribution in [0.4, 0.5) is 0 Å². The van der Waals surface area contributed by atoms with Crippen molar-refractivity contribution in [3.8, 4) is 0 Å². The number of carbonyl (C=O) groups excluding carboxylic acids is 1. The summed E-state index contributed by atoms with van der Waals surface area (Å²) in [7, 11) is 0. The number of carbonyl (C=O) groups is 1. The van der Waals surface area contributed by atoms with Gasteiger partial charge in [-0.2, -0.15) is 0 Å². The van der Waals surface area contributed by atoms with E-state index < -0.39 is 0 Å². The number of likely N-dealkylation sites (tertiary alicyclic amines) is 1. The summed E-state index contributed by atoms with van der Waals surface area (Å²) in [6.07, 6.45) is 10.2. The molecule has 0 bridgehead atoms. The fourth-order valence-electron chi connectivity index (χ4n) is 5.31. The van der Waals surface area contributed by atoms with Crippen molar-refractivity contribution in [2.75, 3.05) is 13.1 Å². The van der Waals surface area contributed by atoms with Crippen LogP contribution in [0.1, 0.15) is 61.1 Å². The first kappa shape index (κ1) is 17.9. The number of pyridine rings is 1. The van der Waals surface area contributed by atoms with E-state index in [0.717, 1.165) is 38.9 Å². The van der Waals surface area contributed by atoms with Crippen molar-refractivity contribution in [3.05, 3.63) is 65.5 Å². The highest BCUT2D eigenvalue weighted by Crippen LogP contribution is 2.52.